The smallest absolute Gasteiger partial charge is 0.0832 e. The summed E-state index contributed by atoms with van der Waals surface area (Å²) in [6, 6.07) is 5.62. The molecule has 0 spiro atoms. The Kier molecular flexibility index (Phi) is 3.19. The molecular formula is C11H11Cl2N3. The van der Waals surface area contributed by atoms with Crippen molar-refractivity contribution >= 4 is 23.2 Å². The van der Waals surface area contributed by atoms with E-state index >= 15 is 0 Å². The van der Waals surface area contributed by atoms with Gasteiger partial charge < -0.3 is 5.73 Å². The van der Waals surface area contributed by atoms with Crippen molar-refractivity contribution in [3.63, 3.8) is 0 Å². The van der Waals surface area contributed by atoms with E-state index in [0.717, 1.165) is 11.3 Å². The van der Waals surface area contributed by atoms with Gasteiger partial charge in [0.15, 0.2) is 0 Å². The highest BCUT2D eigenvalue weighted by Gasteiger charge is 2.07. The minimum atomic E-state index is -0.0345. The molecule has 3 nitrogen and oxygen atoms in total. The zero-order chi connectivity index (χ0) is 11.7. The Morgan fingerprint density at radius 3 is 2.62 bits per heavy atom. The summed E-state index contributed by atoms with van der Waals surface area (Å²) in [5.74, 6) is 0. The maximum atomic E-state index is 6.16. The van der Waals surface area contributed by atoms with Gasteiger partial charge in [-0.1, -0.05) is 29.3 Å². The number of nitrogens with zero attached hydrogens (tertiary/aromatic N) is 2. The first-order chi connectivity index (χ1) is 7.58. The molecule has 1 unspecified atom stereocenters. The molecule has 1 aromatic heterocycles. The maximum Gasteiger partial charge on any atom is 0.0832 e. The summed E-state index contributed by atoms with van der Waals surface area (Å²) in [6.07, 6.45) is 3.27. The molecule has 1 heterocycles. The lowest BCUT2D eigenvalue weighted by Gasteiger charge is -2.09. The molecule has 0 saturated carbocycles. The molecule has 0 fully saturated rings. The van der Waals surface area contributed by atoms with Gasteiger partial charge in [0.25, 0.3) is 0 Å². The van der Waals surface area contributed by atoms with Crippen LogP contribution < -0.4 is 5.73 Å². The Bertz CT molecular complexity index is 506. The molecule has 2 N–H and O–H groups in total. The van der Waals surface area contributed by atoms with E-state index in [1.54, 1.807) is 17.1 Å². The van der Waals surface area contributed by atoms with E-state index in [4.69, 9.17) is 28.9 Å². The molecule has 0 radical (unpaired) electrons. The first-order valence-electron chi connectivity index (χ1n) is 4.83. The van der Waals surface area contributed by atoms with Gasteiger partial charge in [-0.15, -0.1) is 0 Å². The van der Waals surface area contributed by atoms with E-state index in [0.29, 0.717) is 10.0 Å². The van der Waals surface area contributed by atoms with Crippen molar-refractivity contribution in [2.24, 2.45) is 5.73 Å². The summed E-state index contributed by atoms with van der Waals surface area (Å²) in [6.45, 7) is 1.91. The Morgan fingerprint density at radius 1 is 1.38 bits per heavy atom. The van der Waals surface area contributed by atoms with Gasteiger partial charge in [-0.3, -0.25) is 0 Å². The van der Waals surface area contributed by atoms with Gasteiger partial charge in [-0.25, -0.2) is 4.68 Å². The number of hydrogen-bond acceptors (Lipinski definition) is 2. The number of halogens is 2. The van der Waals surface area contributed by atoms with Crippen LogP contribution in [0.15, 0.2) is 30.6 Å². The van der Waals surface area contributed by atoms with E-state index in [1.807, 2.05) is 25.1 Å². The Labute approximate surface area is 104 Å². The first kappa shape index (κ1) is 11.5. The normalized spacial score (nSPS) is 12.8. The van der Waals surface area contributed by atoms with Gasteiger partial charge >= 0.3 is 0 Å². The topological polar surface area (TPSA) is 43.8 Å². The molecule has 0 aliphatic rings. The van der Waals surface area contributed by atoms with Gasteiger partial charge in [0.1, 0.15) is 0 Å². The number of nitrogens with two attached hydrogens (primary N) is 1. The van der Waals surface area contributed by atoms with Gasteiger partial charge in [-0.2, -0.15) is 5.10 Å². The molecule has 0 aliphatic heterocycles. The van der Waals surface area contributed by atoms with Crippen LogP contribution in [0.3, 0.4) is 0 Å². The van der Waals surface area contributed by atoms with Gasteiger partial charge in [-0.05, 0) is 24.6 Å². The highest BCUT2D eigenvalue weighted by atomic mass is 35.5. The van der Waals surface area contributed by atoms with E-state index in [2.05, 4.69) is 5.10 Å². The van der Waals surface area contributed by atoms with Crippen molar-refractivity contribution in [1.82, 2.24) is 9.78 Å². The molecule has 0 saturated heterocycles. The second-order valence-electron chi connectivity index (χ2n) is 3.60. The quantitative estimate of drug-likeness (QED) is 0.896. The zero-order valence-electron chi connectivity index (χ0n) is 8.69. The number of benzene rings is 1. The van der Waals surface area contributed by atoms with Crippen LogP contribution in [0.5, 0.6) is 0 Å². The Hall–Kier alpha value is -1.03. The molecule has 5 heteroatoms. The van der Waals surface area contributed by atoms with Crippen LogP contribution in [-0.4, -0.2) is 9.78 Å². The molecule has 0 aliphatic carbocycles. The van der Waals surface area contributed by atoms with Gasteiger partial charge in [0.2, 0.25) is 0 Å². The summed E-state index contributed by atoms with van der Waals surface area (Å²) in [4.78, 5) is 0. The minimum Gasteiger partial charge on any atom is -0.324 e. The fourth-order valence-corrected chi connectivity index (χ4v) is 1.84. The summed E-state index contributed by atoms with van der Waals surface area (Å²) < 4.78 is 1.63. The lowest BCUT2D eigenvalue weighted by molar-refractivity contribution is 0.814. The van der Waals surface area contributed by atoms with Crippen molar-refractivity contribution in [2.45, 2.75) is 13.0 Å². The van der Waals surface area contributed by atoms with Gasteiger partial charge in [0, 0.05) is 12.2 Å². The van der Waals surface area contributed by atoms with Crippen LogP contribution in [0.1, 0.15) is 18.5 Å². The van der Waals surface area contributed by atoms with Crippen LogP contribution in [0.4, 0.5) is 0 Å². The lowest BCUT2D eigenvalue weighted by atomic mass is 10.1. The molecule has 2 rings (SSSR count). The first-order valence-corrected chi connectivity index (χ1v) is 5.59. The number of aromatic nitrogens is 2. The predicted octanol–water partition coefficient (Wildman–Crippen LogP) is 3.20. The lowest BCUT2D eigenvalue weighted by Crippen LogP contribution is -2.05. The fourth-order valence-electron chi connectivity index (χ4n) is 1.42. The molecule has 0 amide bonds. The maximum absolute atomic E-state index is 6.16. The second-order valence-corrected chi connectivity index (χ2v) is 4.45. The Morgan fingerprint density at radius 2 is 2.12 bits per heavy atom. The average molecular weight is 256 g/mol. The molecule has 0 bridgehead atoms. The standard InChI is InChI=1S/C11H11Cl2N3/c1-7(14)8-2-3-11(10(13)4-8)16-6-9(12)5-15-16/h2-7H,14H2,1H3. The summed E-state index contributed by atoms with van der Waals surface area (Å²) in [7, 11) is 0. The zero-order valence-corrected chi connectivity index (χ0v) is 10.2. The summed E-state index contributed by atoms with van der Waals surface area (Å²) in [5, 5.41) is 5.27. The molecule has 84 valence electrons. The second kappa shape index (κ2) is 4.45. The number of rotatable bonds is 2. The van der Waals surface area contributed by atoms with Crippen molar-refractivity contribution in [2.75, 3.05) is 0 Å². The number of hydrogen-bond donors (Lipinski definition) is 1. The third kappa shape index (κ3) is 2.21. The highest BCUT2D eigenvalue weighted by molar-refractivity contribution is 6.32. The van der Waals surface area contributed by atoms with Crippen molar-refractivity contribution in [3.05, 3.63) is 46.2 Å². The van der Waals surface area contributed by atoms with E-state index in [1.165, 1.54) is 0 Å². The van der Waals surface area contributed by atoms with Crippen LogP contribution in [-0.2, 0) is 0 Å². The fraction of sp³-hybridized carbons (Fsp3) is 0.182. The van der Waals surface area contributed by atoms with Crippen LogP contribution in [0, 0.1) is 0 Å². The monoisotopic (exact) mass is 255 g/mol. The Balaban J connectivity index is 2.44. The molecule has 1 aromatic carbocycles. The van der Waals surface area contributed by atoms with Crippen molar-refractivity contribution in [3.8, 4) is 5.69 Å². The van der Waals surface area contributed by atoms with E-state index in [9.17, 15) is 0 Å². The predicted molar refractivity (Wildman–Crippen MR) is 66.2 cm³/mol. The molecule has 1 atom stereocenters. The molecular weight excluding hydrogens is 245 g/mol. The van der Waals surface area contributed by atoms with Crippen LogP contribution in [0.2, 0.25) is 10.0 Å². The third-order valence-corrected chi connectivity index (χ3v) is 2.79. The van der Waals surface area contributed by atoms with E-state index < -0.39 is 0 Å². The largest absolute Gasteiger partial charge is 0.324 e. The molecule has 16 heavy (non-hydrogen) atoms. The van der Waals surface area contributed by atoms with Gasteiger partial charge in [0.05, 0.1) is 21.9 Å². The summed E-state index contributed by atoms with van der Waals surface area (Å²) in [5.41, 5.74) is 7.56. The van der Waals surface area contributed by atoms with Crippen molar-refractivity contribution in [1.29, 1.82) is 0 Å². The average Bonchev–Trinajstić information content (AvgIpc) is 2.64. The van der Waals surface area contributed by atoms with Crippen LogP contribution >= 0.6 is 23.2 Å². The third-order valence-electron chi connectivity index (χ3n) is 2.30. The van der Waals surface area contributed by atoms with Crippen LogP contribution in [0.25, 0.3) is 5.69 Å². The minimum absolute atomic E-state index is 0.0345. The highest BCUT2D eigenvalue weighted by Crippen LogP contribution is 2.24. The van der Waals surface area contributed by atoms with E-state index in [-0.39, 0.29) is 6.04 Å². The summed E-state index contributed by atoms with van der Waals surface area (Å²) >= 11 is 12.0. The van der Waals surface area contributed by atoms with Crippen molar-refractivity contribution < 1.29 is 0 Å². The molecule has 2 aromatic rings. The SMILES string of the molecule is CC(N)c1ccc(-n2cc(Cl)cn2)c(Cl)c1.